The van der Waals surface area contributed by atoms with Crippen LogP contribution in [0, 0.1) is 17.8 Å². The van der Waals surface area contributed by atoms with E-state index in [1.54, 1.807) is 11.3 Å². The molecule has 3 rings (SSSR count). The molecule has 4 atom stereocenters. The van der Waals surface area contributed by atoms with Gasteiger partial charge in [0.1, 0.15) is 0 Å². The fourth-order valence-corrected chi connectivity index (χ4v) is 5.30. The van der Waals surface area contributed by atoms with E-state index in [9.17, 15) is 0 Å². The molecule has 1 aromatic heterocycles. The minimum absolute atomic E-state index is 0.136. The summed E-state index contributed by atoms with van der Waals surface area (Å²) in [6, 6.07) is 1.96. The topological polar surface area (TPSA) is 0 Å². The number of thiophene rings is 1. The van der Waals surface area contributed by atoms with Crippen LogP contribution in [0.3, 0.4) is 0 Å². The van der Waals surface area contributed by atoms with Crippen LogP contribution in [0.25, 0.3) is 0 Å². The maximum Gasteiger partial charge on any atom is 0.0696 e. The van der Waals surface area contributed by atoms with Crippen LogP contribution >= 0.6 is 34.5 Å². The van der Waals surface area contributed by atoms with Crippen molar-refractivity contribution in [3.8, 4) is 0 Å². The van der Waals surface area contributed by atoms with Gasteiger partial charge in [0, 0.05) is 4.88 Å². The summed E-state index contributed by atoms with van der Waals surface area (Å²) in [4.78, 5) is 1.17. The molecule has 88 valence electrons. The Morgan fingerprint density at radius 1 is 1.38 bits per heavy atom. The van der Waals surface area contributed by atoms with Gasteiger partial charge in [-0.05, 0) is 54.9 Å². The first kappa shape index (κ1) is 11.4. The lowest BCUT2D eigenvalue weighted by Gasteiger charge is -2.23. The zero-order chi connectivity index (χ0) is 11.1. The molecule has 16 heavy (non-hydrogen) atoms. The molecule has 0 saturated heterocycles. The average Bonchev–Trinajstić information content (AvgIpc) is 2.92. The molecular formula is C13H16Cl2S. The molecule has 3 heteroatoms. The third-order valence-electron chi connectivity index (χ3n) is 4.32. The van der Waals surface area contributed by atoms with E-state index in [0.29, 0.717) is 0 Å². The van der Waals surface area contributed by atoms with Gasteiger partial charge in [0.15, 0.2) is 0 Å². The lowest BCUT2D eigenvalue weighted by Crippen LogP contribution is -2.12. The van der Waals surface area contributed by atoms with E-state index in [0.717, 1.165) is 29.2 Å². The molecule has 0 amide bonds. The quantitative estimate of drug-likeness (QED) is 0.638. The minimum atomic E-state index is 0.136. The second-order valence-corrected chi connectivity index (χ2v) is 7.15. The van der Waals surface area contributed by atoms with Crippen LogP contribution in [0.2, 0.25) is 5.02 Å². The Kier molecular flexibility index (Phi) is 3.21. The first-order chi connectivity index (χ1) is 7.74. The molecule has 2 aliphatic carbocycles. The van der Waals surface area contributed by atoms with Crippen LogP contribution in [0.1, 0.15) is 42.4 Å². The first-order valence-electron chi connectivity index (χ1n) is 6.11. The van der Waals surface area contributed by atoms with Crippen LogP contribution in [-0.4, -0.2) is 0 Å². The molecule has 0 nitrogen and oxygen atoms in total. The van der Waals surface area contributed by atoms with Crippen molar-refractivity contribution >= 4 is 34.5 Å². The molecule has 1 heterocycles. The van der Waals surface area contributed by atoms with Crippen molar-refractivity contribution in [3.05, 3.63) is 21.3 Å². The van der Waals surface area contributed by atoms with E-state index < -0.39 is 0 Å². The Morgan fingerprint density at radius 3 is 2.81 bits per heavy atom. The minimum Gasteiger partial charge on any atom is -0.146 e. The highest BCUT2D eigenvalue weighted by Crippen LogP contribution is 2.52. The Bertz CT molecular complexity index is 374. The summed E-state index contributed by atoms with van der Waals surface area (Å²) in [5.41, 5.74) is 0. The third-order valence-corrected chi connectivity index (χ3v) is 6.32. The molecule has 0 spiro atoms. The van der Waals surface area contributed by atoms with Crippen LogP contribution in [0.5, 0.6) is 0 Å². The van der Waals surface area contributed by atoms with E-state index in [2.05, 4.69) is 0 Å². The molecule has 4 unspecified atom stereocenters. The Labute approximate surface area is 111 Å². The van der Waals surface area contributed by atoms with Crippen molar-refractivity contribution in [2.45, 2.75) is 37.5 Å². The monoisotopic (exact) mass is 274 g/mol. The third kappa shape index (κ3) is 2.02. The van der Waals surface area contributed by atoms with E-state index >= 15 is 0 Å². The number of alkyl halides is 1. The summed E-state index contributed by atoms with van der Waals surface area (Å²) in [5, 5.41) is 3.03. The summed E-state index contributed by atoms with van der Waals surface area (Å²) in [6.45, 7) is 0. The zero-order valence-electron chi connectivity index (χ0n) is 9.16. The van der Waals surface area contributed by atoms with Crippen molar-refractivity contribution < 1.29 is 0 Å². The average molecular weight is 275 g/mol. The van der Waals surface area contributed by atoms with Crippen molar-refractivity contribution in [1.29, 1.82) is 0 Å². The molecule has 2 aliphatic rings. The highest BCUT2D eigenvalue weighted by Gasteiger charge is 2.40. The smallest absolute Gasteiger partial charge is 0.0696 e. The van der Waals surface area contributed by atoms with E-state index in [1.807, 2.05) is 11.4 Å². The van der Waals surface area contributed by atoms with E-state index in [1.165, 1.54) is 30.6 Å². The number of hydrogen-bond acceptors (Lipinski definition) is 1. The zero-order valence-corrected chi connectivity index (χ0v) is 11.5. The van der Waals surface area contributed by atoms with Gasteiger partial charge in [-0.2, -0.15) is 0 Å². The van der Waals surface area contributed by atoms with Crippen molar-refractivity contribution in [2.24, 2.45) is 17.8 Å². The Hall–Kier alpha value is 0.280. The van der Waals surface area contributed by atoms with Crippen molar-refractivity contribution in [3.63, 3.8) is 0 Å². The predicted octanol–water partition coefficient (Wildman–Crippen LogP) is 5.51. The number of fused-ring (bicyclic) bond motifs is 2. The van der Waals surface area contributed by atoms with Crippen molar-refractivity contribution in [1.82, 2.24) is 0 Å². The number of halogens is 2. The van der Waals surface area contributed by atoms with Gasteiger partial charge in [0.25, 0.3) is 0 Å². The van der Waals surface area contributed by atoms with Crippen LogP contribution in [0.15, 0.2) is 11.4 Å². The number of hydrogen-bond donors (Lipinski definition) is 0. The molecule has 0 radical (unpaired) electrons. The van der Waals surface area contributed by atoms with Gasteiger partial charge in [0.2, 0.25) is 0 Å². The van der Waals surface area contributed by atoms with Crippen molar-refractivity contribution in [2.75, 3.05) is 0 Å². The molecule has 2 bridgehead atoms. The van der Waals surface area contributed by atoms with Crippen LogP contribution in [-0.2, 0) is 0 Å². The second kappa shape index (κ2) is 4.51. The lowest BCUT2D eigenvalue weighted by atomic mass is 9.85. The second-order valence-electron chi connectivity index (χ2n) is 5.27. The summed E-state index contributed by atoms with van der Waals surface area (Å²) in [5.74, 6) is 2.84. The molecule has 0 N–H and O–H groups in total. The molecular weight excluding hydrogens is 259 g/mol. The lowest BCUT2D eigenvalue weighted by molar-refractivity contribution is 0.312. The highest BCUT2D eigenvalue weighted by molar-refractivity contribution is 7.11. The molecule has 0 aromatic carbocycles. The Morgan fingerprint density at radius 2 is 2.25 bits per heavy atom. The van der Waals surface area contributed by atoms with Gasteiger partial charge in [-0.1, -0.05) is 18.0 Å². The van der Waals surface area contributed by atoms with Gasteiger partial charge in [-0.15, -0.1) is 22.9 Å². The van der Waals surface area contributed by atoms with Gasteiger partial charge in [0.05, 0.1) is 10.4 Å². The first-order valence-corrected chi connectivity index (χ1v) is 7.80. The normalized spacial score (nSPS) is 34.5. The standard InChI is InChI=1S/C13H16Cl2S/c14-11-3-4-16-13(11)12(15)7-10-6-8-1-2-9(10)5-8/h3-4,8-10,12H,1-2,5-7H2. The summed E-state index contributed by atoms with van der Waals surface area (Å²) < 4.78 is 0. The fraction of sp³-hybridized carbons (Fsp3) is 0.692. The Balaban J connectivity index is 1.65. The number of rotatable bonds is 3. The molecule has 1 aromatic rings. The summed E-state index contributed by atoms with van der Waals surface area (Å²) in [7, 11) is 0. The summed E-state index contributed by atoms with van der Waals surface area (Å²) in [6.07, 6.45) is 6.91. The van der Waals surface area contributed by atoms with E-state index in [-0.39, 0.29) is 5.38 Å². The molecule has 2 fully saturated rings. The fourth-order valence-electron chi connectivity index (χ4n) is 3.57. The molecule has 0 aliphatic heterocycles. The maximum atomic E-state index is 6.50. The highest BCUT2D eigenvalue weighted by atomic mass is 35.5. The van der Waals surface area contributed by atoms with E-state index in [4.69, 9.17) is 23.2 Å². The predicted molar refractivity (Wildman–Crippen MR) is 71.5 cm³/mol. The largest absolute Gasteiger partial charge is 0.146 e. The summed E-state index contributed by atoms with van der Waals surface area (Å²) >= 11 is 14.3. The SMILES string of the molecule is Clc1ccsc1C(Cl)CC1CC2CCC1C2. The van der Waals surface area contributed by atoms with Gasteiger partial charge < -0.3 is 0 Å². The maximum absolute atomic E-state index is 6.50. The van der Waals surface area contributed by atoms with Gasteiger partial charge in [-0.3, -0.25) is 0 Å². The van der Waals surface area contributed by atoms with Gasteiger partial charge in [-0.25, -0.2) is 0 Å². The van der Waals surface area contributed by atoms with Crippen LogP contribution in [0.4, 0.5) is 0 Å². The van der Waals surface area contributed by atoms with Crippen LogP contribution < -0.4 is 0 Å². The van der Waals surface area contributed by atoms with Gasteiger partial charge >= 0.3 is 0 Å². The molecule has 2 saturated carbocycles.